The quantitative estimate of drug-likeness (QED) is 0.367. The molecule has 0 atom stereocenters. The predicted octanol–water partition coefficient (Wildman–Crippen LogP) is 3.75. The molecule has 0 heterocycles. The monoisotopic (exact) mass is 446 g/mol. The minimum Gasteiger partial charge on any atom is -0.352 e. The number of nitrogens with zero attached hydrogens (tertiary/aromatic N) is 1. The molecule has 3 N–H and O–H groups in total. The Morgan fingerprint density at radius 1 is 1.25 bits per heavy atom. The Morgan fingerprint density at radius 3 is 2.46 bits per heavy atom. The van der Waals surface area contributed by atoms with Crippen molar-refractivity contribution in [2.24, 2.45) is 10.9 Å². The Hall–Kier alpha value is -1.31. The molecular formula is C18H31IN4O. The van der Waals surface area contributed by atoms with Crippen LogP contribution in [-0.4, -0.2) is 24.5 Å². The second-order valence-corrected chi connectivity index (χ2v) is 7.15. The zero-order valence-electron chi connectivity index (χ0n) is 15.6. The summed E-state index contributed by atoms with van der Waals surface area (Å²) in [6, 6.07) is 7.86. The van der Waals surface area contributed by atoms with Crippen LogP contribution in [0.15, 0.2) is 29.3 Å². The van der Waals surface area contributed by atoms with E-state index in [4.69, 9.17) is 0 Å². The van der Waals surface area contributed by atoms with E-state index in [0.29, 0.717) is 18.9 Å². The van der Waals surface area contributed by atoms with Crippen molar-refractivity contribution in [1.82, 2.24) is 10.6 Å². The number of halogens is 1. The lowest BCUT2D eigenvalue weighted by Crippen LogP contribution is -2.47. The molecule has 5 nitrogen and oxygen atoms in total. The fraction of sp³-hybridized carbons (Fsp3) is 0.556. The van der Waals surface area contributed by atoms with E-state index in [2.05, 4.69) is 41.7 Å². The highest BCUT2D eigenvalue weighted by Crippen LogP contribution is 2.12. The number of guanidine groups is 1. The smallest absolute Gasteiger partial charge is 0.224 e. The first-order valence-corrected chi connectivity index (χ1v) is 8.07. The Kier molecular flexibility index (Phi) is 9.96. The number of hydrogen-bond acceptors (Lipinski definition) is 2. The van der Waals surface area contributed by atoms with E-state index in [1.165, 1.54) is 0 Å². The molecule has 1 amide bonds. The first-order valence-electron chi connectivity index (χ1n) is 8.07. The molecule has 0 aromatic heterocycles. The van der Waals surface area contributed by atoms with Gasteiger partial charge in [-0.1, -0.05) is 26.0 Å². The minimum absolute atomic E-state index is 0. The van der Waals surface area contributed by atoms with Gasteiger partial charge in [0.05, 0.1) is 0 Å². The van der Waals surface area contributed by atoms with Gasteiger partial charge in [-0.05, 0) is 44.4 Å². The number of anilines is 1. The highest BCUT2D eigenvalue weighted by Gasteiger charge is 2.11. The maximum absolute atomic E-state index is 11.8. The molecule has 0 saturated heterocycles. The van der Waals surface area contributed by atoms with Crippen LogP contribution in [0.1, 0.15) is 46.6 Å². The third kappa shape index (κ3) is 9.75. The summed E-state index contributed by atoms with van der Waals surface area (Å²) in [6.07, 6.45) is 0.532. The van der Waals surface area contributed by atoms with E-state index >= 15 is 0 Å². The lowest BCUT2D eigenvalue weighted by molar-refractivity contribution is -0.116. The molecule has 1 aromatic rings. The van der Waals surface area contributed by atoms with Crippen LogP contribution in [0.2, 0.25) is 0 Å². The second-order valence-electron chi connectivity index (χ2n) is 7.15. The van der Waals surface area contributed by atoms with Crippen molar-refractivity contribution in [3.63, 3.8) is 0 Å². The van der Waals surface area contributed by atoms with Gasteiger partial charge < -0.3 is 16.0 Å². The van der Waals surface area contributed by atoms with E-state index in [-0.39, 0.29) is 35.4 Å². The molecule has 0 fully saturated rings. The topological polar surface area (TPSA) is 65.5 Å². The Labute approximate surface area is 163 Å². The van der Waals surface area contributed by atoms with Gasteiger partial charge in [0, 0.05) is 31.2 Å². The number of carbonyl (C=O) groups is 1. The van der Waals surface area contributed by atoms with E-state index in [1.54, 1.807) is 7.05 Å². The Morgan fingerprint density at radius 2 is 1.92 bits per heavy atom. The van der Waals surface area contributed by atoms with Gasteiger partial charge in [0.2, 0.25) is 5.91 Å². The summed E-state index contributed by atoms with van der Waals surface area (Å²) in [6.45, 7) is 11.0. The van der Waals surface area contributed by atoms with Crippen molar-refractivity contribution < 1.29 is 4.79 Å². The third-order valence-corrected chi connectivity index (χ3v) is 2.98. The number of hydrogen-bond donors (Lipinski definition) is 3. The molecule has 1 rings (SSSR count). The number of benzene rings is 1. The second kappa shape index (κ2) is 10.5. The largest absolute Gasteiger partial charge is 0.352 e. The van der Waals surface area contributed by atoms with Crippen molar-refractivity contribution in [2.45, 2.75) is 53.1 Å². The van der Waals surface area contributed by atoms with Crippen LogP contribution in [0.5, 0.6) is 0 Å². The number of carbonyl (C=O) groups excluding carboxylic acids is 1. The zero-order chi connectivity index (χ0) is 17.5. The van der Waals surface area contributed by atoms with Gasteiger partial charge in [-0.3, -0.25) is 9.79 Å². The van der Waals surface area contributed by atoms with Crippen LogP contribution in [0, 0.1) is 5.92 Å². The fourth-order valence-electron chi connectivity index (χ4n) is 2.06. The maximum atomic E-state index is 11.8. The number of nitrogens with one attached hydrogen (secondary N) is 3. The normalized spacial score (nSPS) is 11.7. The zero-order valence-corrected chi connectivity index (χ0v) is 17.9. The van der Waals surface area contributed by atoms with E-state index < -0.39 is 0 Å². The van der Waals surface area contributed by atoms with Gasteiger partial charge in [-0.2, -0.15) is 0 Å². The molecule has 0 aliphatic heterocycles. The summed E-state index contributed by atoms with van der Waals surface area (Å²) in [5.41, 5.74) is 1.87. The van der Waals surface area contributed by atoms with Crippen molar-refractivity contribution in [1.29, 1.82) is 0 Å². The molecule has 0 bridgehead atoms. The van der Waals surface area contributed by atoms with Crippen molar-refractivity contribution >= 4 is 41.5 Å². The predicted molar refractivity (Wildman–Crippen MR) is 113 cm³/mol. The standard InChI is InChI=1S/C18H30N4O.HI/c1-13(2)10-16(23)21-15-9-7-8-14(11-15)12-20-17(19-6)22-18(3,4)5;/h7-9,11,13H,10,12H2,1-6H3,(H,21,23)(H2,19,20,22);1H. The van der Waals surface area contributed by atoms with Crippen LogP contribution in [0.25, 0.3) is 0 Å². The van der Waals surface area contributed by atoms with E-state index in [1.807, 2.05) is 38.1 Å². The summed E-state index contributed by atoms with van der Waals surface area (Å²) < 4.78 is 0. The third-order valence-electron chi connectivity index (χ3n) is 2.98. The minimum atomic E-state index is -0.0471. The molecule has 0 radical (unpaired) electrons. The summed E-state index contributed by atoms with van der Waals surface area (Å²) in [5.74, 6) is 1.16. The van der Waals surface area contributed by atoms with E-state index in [0.717, 1.165) is 17.2 Å². The van der Waals surface area contributed by atoms with E-state index in [9.17, 15) is 4.79 Å². The van der Waals surface area contributed by atoms with Crippen LogP contribution < -0.4 is 16.0 Å². The molecule has 136 valence electrons. The number of rotatable bonds is 5. The summed E-state index contributed by atoms with van der Waals surface area (Å²) in [4.78, 5) is 16.1. The van der Waals surface area contributed by atoms with Crippen molar-refractivity contribution in [3.8, 4) is 0 Å². The number of amides is 1. The SMILES string of the molecule is CN=C(NCc1cccc(NC(=O)CC(C)C)c1)NC(C)(C)C.I. The molecule has 6 heteroatoms. The van der Waals surface area contributed by atoms with Gasteiger partial charge in [-0.25, -0.2) is 0 Å². The van der Waals surface area contributed by atoms with Gasteiger partial charge in [0.1, 0.15) is 0 Å². The van der Waals surface area contributed by atoms with Crippen LogP contribution in [0.3, 0.4) is 0 Å². The highest BCUT2D eigenvalue weighted by molar-refractivity contribution is 14.0. The average Bonchev–Trinajstić information content (AvgIpc) is 2.41. The van der Waals surface area contributed by atoms with Gasteiger partial charge in [0.25, 0.3) is 0 Å². The van der Waals surface area contributed by atoms with Crippen molar-refractivity contribution in [2.75, 3.05) is 12.4 Å². The molecule has 0 unspecified atom stereocenters. The first kappa shape index (κ1) is 22.7. The van der Waals surface area contributed by atoms with Crippen LogP contribution in [0.4, 0.5) is 5.69 Å². The van der Waals surface area contributed by atoms with Gasteiger partial charge in [-0.15, -0.1) is 24.0 Å². The molecular weight excluding hydrogens is 415 g/mol. The molecule has 1 aromatic carbocycles. The lowest BCUT2D eigenvalue weighted by atomic mass is 10.1. The first-order chi connectivity index (χ1) is 10.7. The van der Waals surface area contributed by atoms with Crippen molar-refractivity contribution in [3.05, 3.63) is 29.8 Å². The lowest BCUT2D eigenvalue weighted by Gasteiger charge is -2.23. The average molecular weight is 446 g/mol. The molecule has 0 aliphatic rings. The molecule has 24 heavy (non-hydrogen) atoms. The summed E-state index contributed by atoms with van der Waals surface area (Å²) in [7, 11) is 1.75. The van der Waals surface area contributed by atoms with Crippen LogP contribution >= 0.6 is 24.0 Å². The summed E-state index contributed by atoms with van der Waals surface area (Å²) >= 11 is 0. The molecule has 0 saturated carbocycles. The maximum Gasteiger partial charge on any atom is 0.224 e. The number of aliphatic imine (C=N–C) groups is 1. The van der Waals surface area contributed by atoms with Crippen LogP contribution in [-0.2, 0) is 11.3 Å². The molecule has 0 spiro atoms. The Bertz CT molecular complexity index is 550. The van der Waals surface area contributed by atoms with Gasteiger partial charge in [0.15, 0.2) is 5.96 Å². The fourth-order valence-corrected chi connectivity index (χ4v) is 2.06. The molecule has 0 aliphatic carbocycles. The summed E-state index contributed by atoms with van der Waals surface area (Å²) in [5, 5.41) is 9.54. The van der Waals surface area contributed by atoms with Gasteiger partial charge >= 0.3 is 0 Å². The highest BCUT2D eigenvalue weighted by atomic mass is 127. The Balaban J connectivity index is 0.00000529.